The fourth-order valence-electron chi connectivity index (χ4n) is 2.85. The molecule has 2 aromatic rings. The molecular weight excluding hydrogens is 268 g/mol. The molecule has 1 fully saturated rings. The Morgan fingerprint density at radius 3 is 3.10 bits per heavy atom. The first-order chi connectivity index (χ1) is 10.2. The van der Waals surface area contributed by atoms with Gasteiger partial charge in [-0.15, -0.1) is 0 Å². The lowest BCUT2D eigenvalue weighted by Gasteiger charge is -2.35. The van der Waals surface area contributed by atoms with Gasteiger partial charge in [-0.05, 0) is 31.7 Å². The summed E-state index contributed by atoms with van der Waals surface area (Å²) in [7, 11) is 2.00. The molecule has 2 unspecified atom stereocenters. The van der Waals surface area contributed by atoms with Gasteiger partial charge < -0.3 is 19.4 Å². The van der Waals surface area contributed by atoms with Crippen molar-refractivity contribution in [2.24, 2.45) is 0 Å². The first kappa shape index (κ1) is 14.1. The molecular formula is C16H20N2O3. The largest absolute Gasteiger partial charge is 0.464 e. The second kappa shape index (κ2) is 5.87. The minimum absolute atomic E-state index is 0.127. The van der Waals surface area contributed by atoms with Crippen LogP contribution in [0.15, 0.2) is 30.5 Å². The maximum absolute atomic E-state index is 12.0. The van der Waals surface area contributed by atoms with Crippen LogP contribution < -0.4 is 0 Å². The monoisotopic (exact) mass is 288 g/mol. The first-order valence-electron chi connectivity index (χ1n) is 7.25. The average molecular weight is 288 g/mol. The van der Waals surface area contributed by atoms with Gasteiger partial charge in [0, 0.05) is 30.2 Å². The van der Waals surface area contributed by atoms with E-state index in [4.69, 9.17) is 9.47 Å². The molecule has 3 rings (SSSR count). The normalized spacial score (nSPS) is 23.3. The van der Waals surface area contributed by atoms with E-state index in [1.165, 1.54) is 0 Å². The summed E-state index contributed by atoms with van der Waals surface area (Å²) in [5.74, 6) is -0.282. The summed E-state index contributed by atoms with van der Waals surface area (Å²) in [4.78, 5) is 17.3. The summed E-state index contributed by atoms with van der Waals surface area (Å²) >= 11 is 0. The van der Waals surface area contributed by atoms with Crippen LogP contribution in [0.3, 0.4) is 0 Å². The van der Waals surface area contributed by atoms with E-state index < -0.39 is 6.10 Å². The Kier molecular flexibility index (Phi) is 3.94. The number of H-pyrrole nitrogens is 1. The lowest BCUT2D eigenvalue weighted by Crippen LogP contribution is -2.46. The van der Waals surface area contributed by atoms with Gasteiger partial charge in [0.1, 0.15) is 0 Å². The topological polar surface area (TPSA) is 54.6 Å². The quantitative estimate of drug-likeness (QED) is 0.879. The van der Waals surface area contributed by atoms with Crippen molar-refractivity contribution in [3.63, 3.8) is 0 Å². The summed E-state index contributed by atoms with van der Waals surface area (Å²) in [5, 5.41) is 1.14. The molecule has 1 aliphatic rings. The van der Waals surface area contributed by atoms with Crippen molar-refractivity contribution in [2.45, 2.75) is 19.1 Å². The maximum Gasteiger partial charge on any atom is 0.336 e. The van der Waals surface area contributed by atoms with E-state index in [0.29, 0.717) is 13.2 Å². The van der Waals surface area contributed by atoms with Crippen molar-refractivity contribution in [1.82, 2.24) is 9.88 Å². The third kappa shape index (κ3) is 2.80. The standard InChI is InChI=1S/C16H20N2O3/c1-3-20-16(19)15-10-18(2)9-14(21-15)12-5-4-6-13-11(12)7-8-17-13/h4-8,14-15,17H,3,9-10H2,1-2H3. The maximum atomic E-state index is 12.0. The summed E-state index contributed by atoms with van der Waals surface area (Å²) < 4.78 is 11.1. The fourth-order valence-corrected chi connectivity index (χ4v) is 2.85. The highest BCUT2D eigenvalue weighted by Crippen LogP contribution is 2.30. The minimum atomic E-state index is -0.525. The molecule has 21 heavy (non-hydrogen) atoms. The van der Waals surface area contributed by atoms with Crippen LogP contribution in [0.2, 0.25) is 0 Å². The molecule has 0 saturated carbocycles. The average Bonchev–Trinajstić information content (AvgIpc) is 2.95. The Bertz CT molecular complexity index is 637. The number of aromatic amines is 1. The Labute approximate surface area is 123 Å². The molecule has 0 spiro atoms. The molecule has 2 atom stereocenters. The van der Waals surface area contributed by atoms with E-state index >= 15 is 0 Å². The number of nitrogens with zero attached hydrogens (tertiary/aromatic N) is 1. The van der Waals surface area contributed by atoms with Crippen LogP contribution in [0.25, 0.3) is 10.9 Å². The van der Waals surface area contributed by atoms with Crippen molar-refractivity contribution in [2.75, 3.05) is 26.7 Å². The molecule has 1 aromatic heterocycles. The summed E-state index contributed by atoms with van der Waals surface area (Å²) in [6.45, 7) is 3.52. The summed E-state index contributed by atoms with van der Waals surface area (Å²) in [5.41, 5.74) is 2.19. The molecule has 5 heteroatoms. The molecule has 5 nitrogen and oxygen atoms in total. The number of fused-ring (bicyclic) bond motifs is 1. The van der Waals surface area contributed by atoms with Gasteiger partial charge in [0.05, 0.1) is 12.7 Å². The molecule has 0 aliphatic carbocycles. The zero-order chi connectivity index (χ0) is 14.8. The highest BCUT2D eigenvalue weighted by Gasteiger charge is 2.33. The SMILES string of the molecule is CCOC(=O)C1CN(C)CC(c2cccc3[nH]ccc23)O1. The number of aromatic nitrogens is 1. The first-order valence-corrected chi connectivity index (χ1v) is 7.25. The molecule has 1 aliphatic heterocycles. The fraction of sp³-hybridized carbons (Fsp3) is 0.438. The predicted octanol–water partition coefficient (Wildman–Crippen LogP) is 2.10. The van der Waals surface area contributed by atoms with Gasteiger partial charge in [-0.1, -0.05) is 12.1 Å². The molecule has 112 valence electrons. The minimum Gasteiger partial charge on any atom is -0.464 e. The van der Waals surface area contributed by atoms with E-state index in [1.54, 1.807) is 0 Å². The number of rotatable bonds is 3. The van der Waals surface area contributed by atoms with Crippen LogP contribution in [-0.4, -0.2) is 48.7 Å². The van der Waals surface area contributed by atoms with Crippen LogP contribution in [0, 0.1) is 0 Å². The number of likely N-dealkylation sites (N-methyl/N-ethyl adjacent to an activating group) is 1. The Hall–Kier alpha value is -1.85. The number of hydrogen-bond acceptors (Lipinski definition) is 4. The third-order valence-corrected chi connectivity index (χ3v) is 3.81. The number of esters is 1. The molecule has 0 bridgehead atoms. The third-order valence-electron chi connectivity index (χ3n) is 3.81. The number of benzene rings is 1. The van der Waals surface area contributed by atoms with Crippen molar-refractivity contribution in [3.05, 3.63) is 36.0 Å². The molecule has 0 radical (unpaired) electrons. The molecule has 2 heterocycles. The Morgan fingerprint density at radius 2 is 2.29 bits per heavy atom. The number of hydrogen-bond donors (Lipinski definition) is 1. The Balaban J connectivity index is 1.87. The number of nitrogens with one attached hydrogen (secondary N) is 1. The van der Waals surface area contributed by atoms with Crippen LogP contribution in [0.4, 0.5) is 0 Å². The zero-order valence-electron chi connectivity index (χ0n) is 12.3. The zero-order valence-corrected chi connectivity index (χ0v) is 12.3. The number of carbonyl (C=O) groups excluding carboxylic acids is 1. The second-order valence-corrected chi connectivity index (χ2v) is 5.37. The van der Waals surface area contributed by atoms with E-state index in [9.17, 15) is 4.79 Å². The predicted molar refractivity (Wildman–Crippen MR) is 80.0 cm³/mol. The van der Waals surface area contributed by atoms with Crippen LogP contribution in [-0.2, 0) is 14.3 Å². The van der Waals surface area contributed by atoms with E-state index in [0.717, 1.165) is 23.0 Å². The van der Waals surface area contributed by atoms with Gasteiger partial charge in [0.25, 0.3) is 0 Å². The lowest BCUT2D eigenvalue weighted by atomic mass is 10.0. The van der Waals surface area contributed by atoms with Gasteiger partial charge in [-0.25, -0.2) is 4.79 Å². The Morgan fingerprint density at radius 1 is 1.43 bits per heavy atom. The van der Waals surface area contributed by atoms with Gasteiger partial charge in [-0.3, -0.25) is 0 Å². The second-order valence-electron chi connectivity index (χ2n) is 5.37. The van der Waals surface area contributed by atoms with Crippen molar-refractivity contribution >= 4 is 16.9 Å². The number of ether oxygens (including phenoxy) is 2. The van der Waals surface area contributed by atoms with E-state index in [-0.39, 0.29) is 12.1 Å². The lowest BCUT2D eigenvalue weighted by molar-refractivity contribution is -0.169. The van der Waals surface area contributed by atoms with Gasteiger partial charge in [0.15, 0.2) is 6.10 Å². The van der Waals surface area contributed by atoms with Crippen molar-refractivity contribution in [1.29, 1.82) is 0 Å². The highest BCUT2D eigenvalue weighted by atomic mass is 16.6. The smallest absolute Gasteiger partial charge is 0.336 e. The molecule has 1 saturated heterocycles. The molecule has 1 aromatic carbocycles. The number of carbonyl (C=O) groups is 1. The number of morpholine rings is 1. The van der Waals surface area contributed by atoms with Gasteiger partial charge >= 0.3 is 5.97 Å². The molecule has 0 amide bonds. The van der Waals surface area contributed by atoms with Crippen LogP contribution >= 0.6 is 0 Å². The van der Waals surface area contributed by atoms with Crippen molar-refractivity contribution < 1.29 is 14.3 Å². The van der Waals surface area contributed by atoms with E-state index in [2.05, 4.69) is 16.0 Å². The highest BCUT2D eigenvalue weighted by molar-refractivity contribution is 5.83. The molecule has 1 N–H and O–H groups in total. The van der Waals surface area contributed by atoms with Gasteiger partial charge in [0.2, 0.25) is 0 Å². The summed E-state index contributed by atoms with van der Waals surface area (Å²) in [6, 6.07) is 8.14. The van der Waals surface area contributed by atoms with Crippen LogP contribution in [0.1, 0.15) is 18.6 Å². The van der Waals surface area contributed by atoms with E-state index in [1.807, 2.05) is 38.4 Å². The summed E-state index contributed by atoms with van der Waals surface area (Å²) in [6.07, 6.45) is 1.27. The van der Waals surface area contributed by atoms with Crippen LogP contribution in [0.5, 0.6) is 0 Å². The van der Waals surface area contributed by atoms with Crippen molar-refractivity contribution in [3.8, 4) is 0 Å². The van der Waals surface area contributed by atoms with Gasteiger partial charge in [-0.2, -0.15) is 0 Å².